The minimum Gasteiger partial charge on any atom is -0.493 e. The zero-order valence-electron chi connectivity index (χ0n) is 17.6. The van der Waals surface area contributed by atoms with Crippen molar-refractivity contribution in [2.75, 3.05) is 14.2 Å². The summed E-state index contributed by atoms with van der Waals surface area (Å²) in [7, 11) is 3.08. The molecule has 6 nitrogen and oxygen atoms in total. The molecule has 1 heterocycles. The molecular formula is C23H24BrN3O3. The number of aryl methyl sites for hydroxylation is 1. The second kappa shape index (κ2) is 9.17. The van der Waals surface area contributed by atoms with Gasteiger partial charge in [-0.2, -0.15) is 5.10 Å². The number of halogens is 1. The standard InChI is InChI=1S/C23H24BrN3O3/c1-14-8-6-7-9-19(14)27-15(2)18(22(24)16(27)3)13-25-26-23(28)17-10-11-20(29-4)21(12-17)30-5/h6-13H,1-5H3,(H,26,28)/b25-13-. The normalized spacial score (nSPS) is 11.0. The average molecular weight is 470 g/mol. The lowest BCUT2D eigenvalue weighted by Gasteiger charge is -2.12. The van der Waals surface area contributed by atoms with E-state index in [-0.39, 0.29) is 5.91 Å². The molecular weight excluding hydrogens is 446 g/mol. The Hall–Kier alpha value is -3.06. The van der Waals surface area contributed by atoms with Gasteiger partial charge in [-0.25, -0.2) is 5.43 Å². The van der Waals surface area contributed by atoms with Crippen molar-refractivity contribution in [2.45, 2.75) is 20.8 Å². The molecule has 0 aliphatic rings. The Morgan fingerprint density at radius 2 is 1.73 bits per heavy atom. The van der Waals surface area contributed by atoms with E-state index < -0.39 is 0 Å². The van der Waals surface area contributed by atoms with Gasteiger partial charge in [0.2, 0.25) is 0 Å². The first-order chi connectivity index (χ1) is 14.4. The summed E-state index contributed by atoms with van der Waals surface area (Å²) >= 11 is 3.67. The number of hydrazone groups is 1. The zero-order chi connectivity index (χ0) is 21.8. The van der Waals surface area contributed by atoms with Crippen LogP contribution >= 0.6 is 15.9 Å². The number of carbonyl (C=O) groups is 1. The summed E-state index contributed by atoms with van der Waals surface area (Å²) in [6, 6.07) is 13.2. The highest BCUT2D eigenvalue weighted by atomic mass is 79.9. The Morgan fingerprint density at radius 3 is 2.40 bits per heavy atom. The van der Waals surface area contributed by atoms with Crippen LogP contribution in [0.3, 0.4) is 0 Å². The molecule has 0 fully saturated rings. The smallest absolute Gasteiger partial charge is 0.271 e. The largest absolute Gasteiger partial charge is 0.493 e. The molecule has 0 atom stereocenters. The Kier molecular flexibility index (Phi) is 6.62. The quantitative estimate of drug-likeness (QED) is 0.410. The number of nitrogens with one attached hydrogen (secondary N) is 1. The molecule has 1 amide bonds. The summed E-state index contributed by atoms with van der Waals surface area (Å²) in [6.45, 7) is 6.16. The van der Waals surface area contributed by atoms with E-state index in [1.807, 2.05) is 26.0 Å². The molecule has 156 valence electrons. The lowest BCUT2D eigenvalue weighted by molar-refractivity contribution is 0.0954. The van der Waals surface area contributed by atoms with Crippen molar-refractivity contribution in [3.63, 3.8) is 0 Å². The topological polar surface area (TPSA) is 64.8 Å². The molecule has 3 rings (SSSR count). The number of benzene rings is 2. The fraction of sp³-hybridized carbons (Fsp3) is 0.217. The lowest BCUT2D eigenvalue weighted by atomic mass is 10.2. The maximum atomic E-state index is 12.5. The highest BCUT2D eigenvalue weighted by Crippen LogP contribution is 2.31. The van der Waals surface area contributed by atoms with Crippen molar-refractivity contribution in [1.29, 1.82) is 0 Å². The highest BCUT2D eigenvalue weighted by molar-refractivity contribution is 9.10. The average Bonchev–Trinajstić information content (AvgIpc) is 2.96. The summed E-state index contributed by atoms with van der Waals surface area (Å²) in [5, 5.41) is 4.17. The van der Waals surface area contributed by atoms with E-state index in [0.29, 0.717) is 17.1 Å². The van der Waals surface area contributed by atoms with Crippen LogP contribution in [0.1, 0.15) is 32.9 Å². The molecule has 0 aliphatic carbocycles. The number of hydrogen-bond donors (Lipinski definition) is 1. The second-order valence-corrected chi connectivity index (χ2v) is 7.58. The van der Waals surface area contributed by atoms with Crippen LogP contribution in [0.25, 0.3) is 5.69 Å². The van der Waals surface area contributed by atoms with Gasteiger partial charge in [0.15, 0.2) is 11.5 Å². The molecule has 0 saturated heterocycles. The van der Waals surface area contributed by atoms with Crippen molar-refractivity contribution < 1.29 is 14.3 Å². The SMILES string of the molecule is COc1ccc(C(=O)N/N=C\c2c(Br)c(C)n(-c3ccccc3C)c2C)cc1OC. The third-order valence-electron chi connectivity index (χ3n) is 4.98. The molecule has 1 N–H and O–H groups in total. The van der Waals surface area contributed by atoms with Gasteiger partial charge in [-0.3, -0.25) is 4.79 Å². The number of nitrogens with zero attached hydrogens (tertiary/aromatic N) is 2. The number of rotatable bonds is 6. The Morgan fingerprint density at radius 1 is 1.03 bits per heavy atom. The van der Waals surface area contributed by atoms with Crippen LogP contribution in [0, 0.1) is 20.8 Å². The van der Waals surface area contributed by atoms with E-state index >= 15 is 0 Å². The summed E-state index contributed by atoms with van der Waals surface area (Å²) in [6.07, 6.45) is 1.65. The first kappa shape index (κ1) is 21.6. The van der Waals surface area contributed by atoms with Crippen molar-refractivity contribution in [3.8, 4) is 17.2 Å². The molecule has 1 aromatic heterocycles. The summed E-state index contributed by atoms with van der Waals surface area (Å²) in [5.74, 6) is 0.708. The number of hydrogen-bond acceptors (Lipinski definition) is 4. The number of amides is 1. The molecule has 7 heteroatoms. The van der Waals surface area contributed by atoms with Gasteiger partial charge in [0, 0.05) is 32.7 Å². The third-order valence-corrected chi connectivity index (χ3v) is 5.98. The number of methoxy groups -OCH3 is 2. The van der Waals surface area contributed by atoms with Gasteiger partial charge >= 0.3 is 0 Å². The van der Waals surface area contributed by atoms with Gasteiger partial charge in [0.1, 0.15) is 0 Å². The molecule has 0 spiro atoms. The van der Waals surface area contributed by atoms with E-state index in [4.69, 9.17) is 9.47 Å². The monoisotopic (exact) mass is 469 g/mol. The first-order valence-corrected chi connectivity index (χ1v) is 10.2. The van der Waals surface area contributed by atoms with E-state index in [2.05, 4.69) is 50.1 Å². The van der Waals surface area contributed by atoms with Crippen molar-refractivity contribution in [2.24, 2.45) is 5.10 Å². The van der Waals surface area contributed by atoms with Crippen LogP contribution < -0.4 is 14.9 Å². The molecule has 3 aromatic rings. The highest BCUT2D eigenvalue weighted by Gasteiger charge is 2.17. The molecule has 0 saturated carbocycles. The molecule has 2 aromatic carbocycles. The number of carbonyl (C=O) groups excluding carboxylic acids is 1. The van der Waals surface area contributed by atoms with E-state index in [0.717, 1.165) is 27.1 Å². The van der Waals surface area contributed by atoms with Crippen LogP contribution in [0.5, 0.6) is 11.5 Å². The van der Waals surface area contributed by atoms with Crippen molar-refractivity contribution in [3.05, 3.63) is 75.0 Å². The third kappa shape index (κ3) is 4.11. The Bertz CT molecular complexity index is 1120. The van der Waals surface area contributed by atoms with Crippen LogP contribution in [0.15, 0.2) is 52.0 Å². The maximum absolute atomic E-state index is 12.5. The molecule has 0 unspecified atom stereocenters. The van der Waals surface area contributed by atoms with Crippen LogP contribution in [0.2, 0.25) is 0 Å². The van der Waals surface area contributed by atoms with Gasteiger partial charge in [0.25, 0.3) is 5.91 Å². The minimum atomic E-state index is -0.337. The predicted octanol–water partition coefficient (Wildman–Crippen LogP) is 4.95. The Labute approximate surface area is 184 Å². The summed E-state index contributed by atoms with van der Waals surface area (Å²) < 4.78 is 13.6. The van der Waals surface area contributed by atoms with Crippen LogP contribution in [0.4, 0.5) is 0 Å². The second-order valence-electron chi connectivity index (χ2n) is 6.79. The number of aromatic nitrogens is 1. The van der Waals surface area contributed by atoms with Gasteiger partial charge < -0.3 is 14.0 Å². The van der Waals surface area contributed by atoms with E-state index in [1.165, 1.54) is 12.7 Å². The van der Waals surface area contributed by atoms with Gasteiger partial charge in [-0.15, -0.1) is 0 Å². The molecule has 0 aliphatic heterocycles. The molecule has 0 bridgehead atoms. The van der Waals surface area contributed by atoms with Crippen LogP contribution in [-0.2, 0) is 0 Å². The number of para-hydroxylation sites is 1. The molecule has 0 radical (unpaired) electrons. The fourth-order valence-electron chi connectivity index (χ4n) is 3.35. The van der Waals surface area contributed by atoms with Crippen molar-refractivity contribution >= 4 is 28.1 Å². The fourth-order valence-corrected chi connectivity index (χ4v) is 3.91. The summed E-state index contributed by atoms with van der Waals surface area (Å²) in [4.78, 5) is 12.5. The maximum Gasteiger partial charge on any atom is 0.271 e. The van der Waals surface area contributed by atoms with E-state index in [1.54, 1.807) is 31.5 Å². The van der Waals surface area contributed by atoms with Crippen molar-refractivity contribution in [1.82, 2.24) is 9.99 Å². The Balaban J connectivity index is 1.84. The van der Waals surface area contributed by atoms with Gasteiger partial charge in [-0.1, -0.05) is 18.2 Å². The minimum absolute atomic E-state index is 0.337. The molecule has 30 heavy (non-hydrogen) atoms. The lowest BCUT2D eigenvalue weighted by Crippen LogP contribution is -2.17. The predicted molar refractivity (Wildman–Crippen MR) is 122 cm³/mol. The van der Waals surface area contributed by atoms with Gasteiger partial charge in [-0.05, 0) is 66.5 Å². The van der Waals surface area contributed by atoms with E-state index in [9.17, 15) is 4.79 Å². The zero-order valence-corrected chi connectivity index (χ0v) is 19.2. The number of ether oxygens (including phenoxy) is 2. The first-order valence-electron chi connectivity index (χ1n) is 9.37. The van der Waals surface area contributed by atoms with Crippen LogP contribution in [-0.4, -0.2) is 30.9 Å². The van der Waals surface area contributed by atoms with Gasteiger partial charge in [0.05, 0.1) is 20.4 Å². The summed E-state index contributed by atoms with van der Waals surface area (Å²) in [5.41, 5.74) is 8.29.